The van der Waals surface area contributed by atoms with Crippen molar-refractivity contribution < 1.29 is 19.2 Å². The molecule has 0 radical (unpaired) electrons. The predicted molar refractivity (Wildman–Crippen MR) is 189 cm³/mol. The Morgan fingerprint density at radius 2 is 0.959 bits per heavy atom. The van der Waals surface area contributed by atoms with E-state index in [1.54, 1.807) is 42.5 Å². The minimum Gasteiger partial charge on any atom is -0.268 e. The van der Waals surface area contributed by atoms with Gasteiger partial charge in [0.15, 0.2) is 0 Å². The second kappa shape index (κ2) is 10.4. The largest absolute Gasteiger partial charge is 0.268 e. The molecule has 2 aliphatic heterocycles. The van der Waals surface area contributed by atoms with Crippen molar-refractivity contribution in [3.05, 3.63) is 189 Å². The summed E-state index contributed by atoms with van der Waals surface area (Å²) in [4.78, 5) is 56.0. The van der Waals surface area contributed by atoms with Crippen molar-refractivity contribution in [3.63, 3.8) is 0 Å². The highest BCUT2D eigenvalue weighted by atomic mass is 35.5. The first-order chi connectivity index (χ1) is 23.8. The summed E-state index contributed by atoms with van der Waals surface area (Å²) >= 11 is 6.33. The number of aryl methyl sites for hydroxylation is 1. The van der Waals surface area contributed by atoms with E-state index in [-0.39, 0.29) is 28.0 Å². The lowest BCUT2D eigenvalue weighted by molar-refractivity contribution is 0.0910. The molecule has 6 aromatic carbocycles. The minimum atomic E-state index is -0.783. The van der Waals surface area contributed by atoms with Crippen LogP contribution < -0.4 is 9.80 Å². The highest BCUT2D eigenvalue weighted by molar-refractivity contribution is 6.42. The van der Waals surface area contributed by atoms with Crippen molar-refractivity contribution in [1.29, 1.82) is 0 Å². The SMILES string of the molecule is Cc1ccc2c(c1)C(=O)N(c1ccc(C3(c4ccc(N5C(=O)c6cccc(Cl)c6C5=O)cc4)c4ccccc4-c4ccccc43)cc1)C2=O. The molecule has 0 N–H and O–H groups in total. The summed E-state index contributed by atoms with van der Waals surface area (Å²) in [5.41, 5.74) is 8.54. The number of imide groups is 2. The maximum atomic E-state index is 13.4. The maximum absolute atomic E-state index is 13.4. The molecule has 0 spiro atoms. The lowest BCUT2D eigenvalue weighted by Crippen LogP contribution is -2.31. The Labute approximate surface area is 286 Å². The molecule has 0 saturated heterocycles. The van der Waals surface area contributed by atoms with E-state index in [0.717, 1.165) is 38.9 Å². The van der Waals surface area contributed by atoms with Crippen molar-refractivity contribution in [1.82, 2.24) is 0 Å². The number of fused-ring (bicyclic) bond motifs is 5. The standard InChI is InChI=1S/C42H25ClN2O4/c1-24-13-22-31-33(23-24)40(48)44(38(31)46)27-18-14-25(15-19-27)42(34-10-4-2-7-29(34)30-8-3-5-11-35(30)42)26-16-20-28(21-17-26)45-39(47)32-9-6-12-36(43)37(32)41(45)49/h2-23H,1H3. The first-order valence-electron chi connectivity index (χ1n) is 15.9. The number of hydrogen-bond acceptors (Lipinski definition) is 4. The zero-order chi connectivity index (χ0) is 33.6. The van der Waals surface area contributed by atoms with Gasteiger partial charge < -0.3 is 0 Å². The van der Waals surface area contributed by atoms with E-state index < -0.39 is 17.2 Å². The van der Waals surface area contributed by atoms with Gasteiger partial charge in [0.25, 0.3) is 23.6 Å². The molecule has 2 heterocycles. The molecule has 0 atom stereocenters. The number of benzene rings is 6. The zero-order valence-corrected chi connectivity index (χ0v) is 26.9. The van der Waals surface area contributed by atoms with Crippen molar-refractivity contribution in [2.75, 3.05) is 9.80 Å². The molecule has 0 aromatic heterocycles. The summed E-state index contributed by atoms with van der Waals surface area (Å²) in [7, 11) is 0. The molecule has 7 heteroatoms. The van der Waals surface area contributed by atoms with Crippen molar-refractivity contribution in [3.8, 4) is 11.1 Å². The number of amides is 4. The third-order valence-corrected chi connectivity index (χ3v) is 10.3. The number of rotatable bonds is 4. The fraction of sp³-hybridized carbons (Fsp3) is 0.0476. The Balaban J connectivity index is 1.18. The Bertz CT molecular complexity index is 2400. The lowest BCUT2D eigenvalue weighted by Gasteiger charge is -2.34. The van der Waals surface area contributed by atoms with Crippen LogP contribution in [0, 0.1) is 6.92 Å². The maximum Gasteiger partial charge on any atom is 0.267 e. The highest BCUT2D eigenvalue weighted by Crippen LogP contribution is 2.56. The molecule has 0 unspecified atom stereocenters. The molecule has 9 rings (SSSR count). The molecular formula is C42H25ClN2O4. The molecule has 6 nitrogen and oxygen atoms in total. The van der Waals surface area contributed by atoms with Gasteiger partial charge in [-0.25, -0.2) is 9.80 Å². The summed E-state index contributed by atoms with van der Waals surface area (Å²) < 4.78 is 0. The van der Waals surface area contributed by atoms with Crippen LogP contribution in [-0.4, -0.2) is 23.6 Å². The van der Waals surface area contributed by atoms with Crippen molar-refractivity contribution in [2.45, 2.75) is 12.3 Å². The van der Waals surface area contributed by atoms with Gasteiger partial charge in [-0.3, -0.25) is 19.2 Å². The second-order valence-electron chi connectivity index (χ2n) is 12.5. The van der Waals surface area contributed by atoms with E-state index in [2.05, 4.69) is 24.3 Å². The van der Waals surface area contributed by atoms with Crippen LogP contribution in [0.5, 0.6) is 0 Å². The molecule has 1 aliphatic carbocycles. The van der Waals surface area contributed by atoms with Gasteiger partial charge in [0.05, 0.1) is 44.1 Å². The van der Waals surface area contributed by atoms with E-state index >= 15 is 0 Å². The van der Waals surface area contributed by atoms with Gasteiger partial charge >= 0.3 is 0 Å². The average Bonchev–Trinajstić information content (AvgIpc) is 3.67. The number of anilines is 2. The van der Waals surface area contributed by atoms with E-state index in [9.17, 15) is 19.2 Å². The molecule has 3 aliphatic rings. The smallest absolute Gasteiger partial charge is 0.267 e. The number of carbonyl (C=O) groups excluding carboxylic acids is 4. The van der Waals surface area contributed by atoms with E-state index in [4.69, 9.17) is 11.6 Å². The van der Waals surface area contributed by atoms with Gasteiger partial charge in [-0.2, -0.15) is 0 Å². The first-order valence-corrected chi connectivity index (χ1v) is 16.3. The summed E-state index contributed by atoms with van der Waals surface area (Å²) in [6, 6.07) is 41.9. The molecule has 0 saturated carbocycles. The van der Waals surface area contributed by atoms with Crippen LogP contribution in [0.25, 0.3) is 11.1 Å². The Morgan fingerprint density at radius 3 is 1.53 bits per heavy atom. The number of halogens is 1. The number of carbonyl (C=O) groups is 4. The van der Waals surface area contributed by atoms with Crippen molar-refractivity contribution in [2.24, 2.45) is 0 Å². The molecule has 0 fully saturated rings. The van der Waals surface area contributed by atoms with Gasteiger partial charge in [0.1, 0.15) is 0 Å². The van der Waals surface area contributed by atoms with E-state index in [1.807, 2.05) is 73.7 Å². The van der Waals surface area contributed by atoms with Crippen LogP contribution in [0.4, 0.5) is 11.4 Å². The molecule has 0 bridgehead atoms. The van der Waals surface area contributed by atoms with Crippen LogP contribution in [0.3, 0.4) is 0 Å². The molecule has 49 heavy (non-hydrogen) atoms. The molecule has 234 valence electrons. The summed E-state index contributed by atoms with van der Waals surface area (Å²) in [5.74, 6) is -1.55. The first kappa shape index (κ1) is 29.1. The predicted octanol–water partition coefficient (Wildman–Crippen LogP) is 8.61. The fourth-order valence-electron chi connectivity index (χ4n) is 7.81. The molecular weight excluding hydrogens is 632 g/mol. The number of nitrogens with zero attached hydrogens (tertiary/aromatic N) is 2. The highest BCUT2D eigenvalue weighted by Gasteiger charge is 2.47. The summed E-state index contributed by atoms with van der Waals surface area (Å²) in [5, 5.41) is 0.243. The summed E-state index contributed by atoms with van der Waals surface area (Å²) in [6.07, 6.45) is 0. The van der Waals surface area contributed by atoms with Crippen molar-refractivity contribution >= 4 is 46.6 Å². The van der Waals surface area contributed by atoms with Gasteiger partial charge in [-0.15, -0.1) is 0 Å². The Kier molecular flexibility index (Phi) is 6.19. The van der Waals surface area contributed by atoms with Gasteiger partial charge in [0.2, 0.25) is 0 Å². The zero-order valence-electron chi connectivity index (χ0n) is 26.1. The number of hydrogen-bond donors (Lipinski definition) is 0. The molecule has 6 aromatic rings. The van der Waals surface area contributed by atoms with Crippen LogP contribution >= 0.6 is 11.6 Å². The topological polar surface area (TPSA) is 74.8 Å². The van der Waals surface area contributed by atoms with E-state index in [0.29, 0.717) is 22.5 Å². The molecule has 4 amide bonds. The van der Waals surface area contributed by atoms with Crippen LogP contribution in [0.1, 0.15) is 69.2 Å². The summed E-state index contributed by atoms with van der Waals surface area (Å²) in [6.45, 7) is 1.90. The monoisotopic (exact) mass is 656 g/mol. The normalized spacial score (nSPS) is 15.4. The Morgan fingerprint density at radius 1 is 0.469 bits per heavy atom. The van der Waals surface area contributed by atoms with Crippen LogP contribution in [0.15, 0.2) is 133 Å². The average molecular weight is 657 g/mol. The third kappa shape index (κ3) is 3.89. The second-order valence-corrected chi connectivity index (χ2v) is 12.9. The quantitative estimate of drug-likeness (QED) is 0.178. The lowest BCUT2D eigenvalue weighted by atomic mass is 9.67. The fourth-order valence-corrected chi connectivity index (χ4v) is 8.07. The minimum absolute atomic E-state index is 0.210. The van der Waals surface area contributed by atoms with Gasteiger partial charge in [-0.05, 0) is 88.8 Å². The van der Waals surface area contributed by atoms with E-state index in [1.165, 1.54) is 9.80 Å². The van der Waals surface area contributed by atoms with Gasteiger partial charge in [-0.1, -0.05) is 102 Å². The Hall–Kier alpha value is -6.11. The van der Waals surface area contributed by atoms with Crippen LogP contribution in [-0.2, 0) is 5.41 Å². The van der Waals surface area contributed by atoms with Crippen LogP contribution in [0.2, 0.25) is 5.02 Å². The third-order valence-electron chi connectivity index (χ3n) is 9.98. The van der Waals surface area contributed by atoms with Gasteiger partial charge in [0, 0.05) is 0 Å².